The van der Waals surface area contributed by atoms with E-state index in [-0.39, 0.29) is 36.0 Å². The molecule has 104 valence electrons. The lowest BCUT2D eigenvalue weighted by Gasteiger charge is -2.30. The van der Waals surface area contributed by atoms with Gasteiger partial charge in [0.25, 0.3) is 0 Å². The summed E-state index contributed by atoms with van der Waals surface area (Å²) < 4.78 is 22.9. The van der Waals surface area contributed by atoms with E-state index < -0.39 is 9.84 Å². The smallest absolute Gasteiger partial charge is 0.227 e. The van der Waals surface area contributed by atoms with Gasteiger partial charge in [-0.25, -0.2) is 8.42 Å². The molecule has 0 aromatic heterocycles. The molecule has 6 heteroatoms. The van der Waals surface area contributed by atoms with Crippen LogP contribution in [-0.2, 0) is 14.6 Å². The molecule has 1 aliphatic carbocycles. The molecule has 0 aromatic carbocycles. The normalized spacial score (nSPS) is 27.5. The van der Waals surface area contributed by atoms with E-state index >= 15 is 0 Å². The third-order valence-electron chi connectivity index (χ3n) is 3.97. The molecule has 0 bridgehead atoms. The summed E-state index contributed by atoms with van der Waals surface area (Å²) in [5.74, 6) is -0.346. The van der Waals surface area contributed by atoms with Crippen molar-refractivity contribution >= 4 is 15.7 Å². The highest BCUT2D eigenvalue weighted by molar-refractivity contribution is 7.91. The third-order valence-corrected chi connectivity index (χ3v) is 5.74. The van der Waals surface area contributed by atoms with E-state index in [1.165, 1.54) is 0 Å². The van der Waals surface area contributed by atoms with Crippen molar-refractivity contribution < 1.29 is 18.3 Å². The minimum absolute atomic E-state index is 0.0134. The van der Waals surface area contributed by atoms with Crippen LogP contribution in [0.5, 0.6) is 0 Å². The fourth-order valence-electron chi connectivity index (χ4n) is 3.02. The number of sulfone groups is 1. The second-order valence-corrected chi connectivity index (χ2v) is 7.52. The fraction of sp³-hybridized carbons (Fsp3) is 0.917. The number of amides is 1. The zero-order valence-corrected chi connectivity index (χ0v) is 11.4. The molecular weight excluding hydrogens is 254 g/mol. The maximum atomic E-state index is 12.4. The predicted molar refractivity (Wildman–Crippen MR) is 67.8 cm³/mol. The average Bonchev–Trinajstić information content (AvgIpc) is 2.94. The number of nitrogens with zero attached hydrogens (tertiary/aromatic N) is 1. The minimum atomic E-state index is -3.02. The zero-order chi connectivity index (χ0) is 13.2. The lowest BCUT2D eigenvalue weighted by molar-refractivity contribution is -0.137. The zero-order valence-electron chi connectivity index (χ0n) is 10.5. The molecule has 1 saturated heterocycles. The molecule has 2 rings (SSSR count). The number of aliphatic hydroxyl groups excluding tert-OH is 1. The second-order valence-electron chi connectivity index (χ2n) is 5.29. The maximum absolute atomic E-state index is 12.4. The molecule has 0 spiro atoms. The molecule has 1 N–H and O–H groups in total. The number of carbonyl (C=O) groups is 1. The Kier molecular flexibility index (Phi) is 4.27. The van der Waals surface area contributed by atoms with E-state index in [0.717, 1.165) is 25.7 Å². The van der Waals surface area contributed by atoms with Crippen molar-refractivity contribution in [2.24, 2.45) is 5.92 Å². The largest absolute Gasteiger partial charge is 0.395 e. The molecule has 0 radical (unpaired) electrons. The summed E-state index contributed by atoms with van der Waals surface area (Å²) in [5.41, 5.74) is 0. The SMILES string of the molecule is O=C(C1CCS(=O)(=O)C1)N(CCO)C1CCCC1. The van der Waals surface area contributed by atoms with E-state index in [1.807, 2.05) is 0 Å². The van der Waals surface area contributed by atoms with E-state index in [2.05, 4.69) is 0 Å². The Balaban J connectivity index is 2.04. The Labute approximate surface area is 108 Å². The van der Waals surface area contributed by atoms with Crippen LogP contribution in [0.1, 0.15) is 32.1 Å². The second kappa shape index (κ2) is 5.57. The maximum Gasteiger partial charge on any atom is 0.227 e. The van der Waals surface area contributed by atoms with Gasteiger partial charge in [-0.3, -0.25) is 4.79 Å². The summed E-state index contributed by atoms with van der Waals surface area (Å²) in [5, 5.41) is 9.08. The van der Waals surface area contributed by atoms with Gasteiger partial charge in [-0.15, -0.1) is 0 Å². The van der Waals surface area contributed by atoms with Crippen LogP contribution in [0.25, 0.3) is 0 Å². The molecule has 1 atom stereocenters. The summed E-state index contributed by atoms with van der Waals surface area (Å²) >= 11 is 0. The lowest BCUT2D eigenvalue weighted by atomic mass is 10.1. The van der Waals surface area contributed by atoms with Crippen LogP contribution >= 0.6 is 0 Å². The Bertz CT molecular complexity index is 400. The summed E-state index contributed by atoms with van der Waals surface area (Å²) in [7, 11) is -3.02. The molecule has 2 fully saturated rings. The first kappa shape index (κ1) is 13.8. The Morgan fingerprint density at radius 1 is 1.22 bits per heavy atom. The number of carbonyl (C=O) groups excluding carboxylic acids is 1. The molecule has 5 nitrogen and oxygen atoms in total. The van der Waals surface area contributed by atoms with Gasteiger partial charge in [-0.1, -0.05) is 12.8 Å². The first-order valence-electron chi connectivity index (χ1n) is 6.65. The first-order valence-corrected chi connectivity index (χ1v) is 8.47. The molecule has 1 heterocycles. The molecule has 18 heavy (non-hydrogen) atoms. The predicted octanol–water partition coefficient (Wildman–Crippen LogP) is 0.185. The molecular formula is C12H21NO4S. The van der Waals surface area contributed by atoms with Crippen molar-refractivity contribution in [2.45, 2.75) is 38.1 Å². The Morgan fingerprint density at radius 2 is 1.89 bits per heavy atom. The summed E-state index contributed by atoms with van der Waals surface area (Å²) in [6.45, 7) is 0.280. The highest BCUT2D eigenvalue weighted by Gasteiger charge is 2.37. The van der Waals surface area contributed by atoms with Crippen molar-refractivity contribution in [3.05, 3.63) is 0 Å². The molecule has 1 aliphatic heterocycles. The monoisotopic (exact) mass is 275 g/mol. The van der Waals surface area contributed by atoms with Crippen LogP contribution in [0.3, 0.4) is 0 Å². The number of rotatable bonds is 4. The van der Waals surface area contributed by atoms with Crippen LogP contribution in [0.4, 0.5) is 0 Å². The number of aliphatic hydroxyl groups is 1. The Morgan fingerprint density at radius 3 is 2.39 bits per heavy atom. The highest BCUT2D eigenvalue weighted by Crippen LogP contribution is 2.27. The van der Waals surface area contributed by atoms with Gasteiger partial charge in [0.15, 0.2) is 9.84 Å². The molecule has 2 aliphatic rings. The standard InChI is InChI=1S/C12H21NO4S/c14-7-6-13(11-3-1-2-4-11)12(15)10-5-8-18(16,17)9-10/h10-11,14H,1-9H2. The molecule has 1 amide bonds. The van der Waals surface area contributed by atoms with Crippen molar-refractivity contribution in [3.63, 3.8) is 0 Å². The van der Waals surface area contributed by atoms with Gasteiger partial charge >= 0.3 is 0 Å². The van der Waals surface area contributed by atoms with E-state index in [0.29, 0.717) is 13.0 Å². The fourth-order valence-corrected chi connectivity index (χ4v) is 4.75. The highest BCUT2D eigenvalue weighted by atomic mass is 32.2. The average molecular weight is 275 g/mol. The van der Waals surface area contributed by atoms with Crippen LogP contribution in [0.2, 0.25) is 0 Å². The Hall–Kier alpha value is -0.620. The van der Waals surface area contributed by atoms with Crippen molar-refractivity contribution in [1.82, 2.24) is 4.90 Å². The van der Waals surface area contributed by atoms with Gasteiger partial charge in [-0.05, 0) is 19.3 Å². The summed E-state index contributed by atoms with van der Waals surface area (Å²) in [6.07, 6.45) is 4.62. The first-order chi connectivity index (χ1) is 8.53. The van der Waals surface area contributed by atoms with Gasteiger partial charge in [0.1, 0.15) is 0 Å². The molecule has 1 unspecified atom stereocenters. The molecule has 1 saturated carbocycles. The van der Waals surface area contributed by atoms with Crippen LogP contribution < -0.4 is 0 Å². The van der Waals surface area contributed by atoms with Gasteiger partial charge in [0.05, 0.1) is 24.0 Å². The lowest BCUT2D eigenvalue weighted by Crippen LogP contribution is -2.44. The van der Waals surface area contributed by atoms with Gasteiger partial charge in [-0.2, -0.15) is 0 Å². The number of hydrogen-bond acceptors (Lipinski definition) is 4. The van der Waals surface area contributed by atoms with Crippen LogP contribution in [0.15, 0.2) is 0 Å². The summed E-state index contributed by atoms with van der Waals surface area (Å²) in [4.78, 5) is 14.1. The topological polar surface area (TPSA) is 74.7 Å². The van der Waals surface area contributed by atoms with Crippen molar-refractivity contribution in [2.75, 3.05) is 24.7 Å². The third kappa shape index (κ3) is 3.03. The van der Waals surface area contributed by atoms with E-state index in [4.69, 9.17) is 5.11 Å². The van der Waals surface area contributed by atoms with Crippen LogP contribution in [-0.4, -0.2) is 55.0 Å². The van der Waals surface area contributed by atoms with Crippen molar-refractivity contribution in [1.29, 1.82) is 0 Å². The van der Waals surface area contributed by atoms with Crippen LogP contribution in [0, 0.1) is 5.92 Å². The number of hydrogen-bond donors (Lipinski definition) is 1. The minimum Gasteiger partial charge on any atom is -0.395 e. The quantitative estimate of drug-likeness (QED) is 0.794. The van der Waals surface area contributed by atoms with Crippen molar-refractivity contribution in [3.8, 4) is 0 Å². The van der Waals surface area contributed by atoms with E-state index in [9.17, 15) is 13.2 Å². The summed E-state index contributed by atoms with van der Waals surface area (Å²) in [6, 6.07) is 0.202. The molecule has 0 aromatic rings. The van der Waals surface area contributed by atoms with Gasteiger partial charge < -0.3 is 10.0 Å². The van der Waals surface area contributed by atoms with Gasteiger partial charge in [0.2, 0.25) is 5.91 Å². The van der Waals surface area contributed by atoms with Gasteiger partial charge in [0, 0.05) is 12.6 Å². The van der Waals surface area contributed by atoms with E-state index in [1.54, 1.807) is 4.90 Å².